The molecule has 0 spiro atoms. The number of carbonyl (C=O) groups excluding carboxylic acids is 1. The minimum atomic E-state index is -4.38. The Hall–Kier alpha value is -1.67. The number of nitrogen functional groups attached to an aromatic ring is 1. The first-order valence-electron chi connectivity index (χ1n) is 7.53. The number of phosphoric ester groups is 1. The molecule has 3 unspecified atom stereocenters. The molecule has 0 bridgehead atoms. The topological polar surface area (TPSA) is 207 Å². The fraction of sp³-hybridized carbons (Fsp3) is 0.500. The normalized spacial score (nSPS) is 26.6. The fourth-order valence-corrected chi connectivity index (χ4v) is 3.35. The molecule has 2 aromatic rings. The molecule has 6 N–H and O–H groups in total. The second-order valence-electron chi connectivity index (χ2n) is 5.56. The van der Waals surface area contributed by atoms with E-state index < -0.39 is 44.9 Å². The maximum Gasteiger partial charge on any atom is 0.549 e. The number of anilines is 1. The summed E-state index contributed by atoms with van der Waals surface area (Å²) in [7, 11) is -4.38. The Morgan fingerprint density at radius 2 is 2.07 bits per heavy atom. The van der Waals surface area contributed by atoms with Gasteiger partial charge in [-0.05, 0) is 0 Å². The molecule has 1 aliphatic rings. The van der Waals surface area contributed by atoms with Crippen molar-refractivity contribution in [2.24, 2.45) is 5.90 Å². The summed E-state index contributed by atoms with van der Waals surface area (Å²) >= 11 is 0. The van der Waals surface area contributed by atoms with Crippen molar-refractivity contribution in [3.63, 3.8) is 0 Å². The van der Waals surface area contributed by atoms with E-state index in [9.17, 15) is 19.6 Å². The number of aromatic nitrogens is 4. The Balaban J connectivity index is 0.00000280. The van der Waals surface area contributed by atoms with Crippen molar-refractivity contribution in [3.8, 4) is 0 Å². The van der Waals surface area contributed by atoms with E-state index in [2.05, 4.69) is 24.1 Å². The van der Waals surface area contributed by atoms with E-state index in [1.165, 1.54) is 17.2 Å². The zero-order valence-corrected chi connectivity index (χ0v) is 16.4. The van der Waals surface area contributed by atoms with E-state index in [4.69, 9.17) is 20.9 Å². The van der Waals surface area contributed by atoms with E-state index in [0.29, 0.717) is 5.52 Å². The van der Waals surface area contributed by atoms with Crippen LogP contribution >= 0.6 is 7.82 Å². The average Bonchev–Trinajstić information content (AvgIpc) is 3.16. The zero-order valence-electron chi connectivity index (χ0n) is 14.3. The number of nitrogens with two attached hydrogens (primary N) is 2. The van der Waals surface area contributed by atoms with Gasteiger partial charge in [-0.1, -0.05) is 0 Å². The van der Waals surface area contributed by atoms with Crippen molar-refractivity contribution in [1.29, 1.82) is 0 Å². The molecule has 1 radical (unpaired) electrons. The molecule has 2 aromatic heterocycles. The van der Waals surface area contributed by atoms with Crippen molar-refractivity contribution in [2.45, 2.75) is 31.5 Å². The van der Waals surface area contributed by atoms with Crippen LogP contribution in [0.25, 0.3) is 11.2 Å². The van der Waals surface area contributed by atoms with Crippen molar-refractivity contribution in [1.82, 2.24) is 19.5 Å². The molecule has 0 aliphatic carbocycles. The molecular formula is C12H17MnN6O8P. The minimum Gasteiger partial charge on any atom is -0.387 e. The molecule has 5 atom stereocenters. The minimum absolute atomic E-state index is 0. The van der Waals surface area contributed by atoms with Gasteiger partial charge in [0.25, 0.3) is 0 Å². The van der Waals surface area contributed by atoms with Crippen molar-refractivity contribution >= 4 is 30.8 Å². The molecule has 1 fully saturated rings. The summed E-state index contributed by atoms with van der Waals surface area (Å²) in [6.45, 7) is 0.424. The van der Waals surface area contributed by atoms with E-state index in [1.807, 2.05) is 0 Å². The van der Waals surface area contributed by atoms with Gasteiger partial charge in [0.05, 0.1) is 12.9 Å². The molecule has 14 nitrogen and oxygen atoms in total. The van der Waals surface area contributed by atoms with Gasteiger partial charge in [0, 0.05) is 24.0 Å². The maximum atomic E-state index is 12.0. The van der Waals surface area contributed by atoms with Crippen LogP contribution in [0, 0.1) is 0 Å². The molecule has 155 valence electrons. The number of fused-ring (bicyclic) bond motifs is 1. The Morgan fingerprint density at radius 3 is 2.71 bits per heavy atom. The fourth-order valence-electron chi connectivity index (χ4n) is 2.55. The van der Waals surface area contributed by atoms with E-state index in [1.54, 1.807) is 0 Å². The number of aliphatic hydroxyl groups excluding tert-OH is 2. The van der Waals surface area contributed by atoms with Crippen LogP contribution in [0.15, 0.2) is 12.7 Å². The van der Waals surface area contributed by atoms with Gasteiger partial charge in [-0.2, -0.15) is 4.62 Å². The Bertz CT molecular complexity index is 898. The zero-order chi connectivity index (χ0) is 19.8. The SMILES string of the molecule is CC(=O)OP(=O)(ON)OC[C@H]1O[C@@H](n2cnc3c(N)ncnc32)C(O)C1O.[Mn]. The molecule has 3 heterocycles. The Kier molecular flexibility index (Phi) is 7.09. The van der Waals surface area contributed by atoms with Crippen LogP contribution < -0.4 is 11.6 Å². The third-order valence-corrected chi connectivity index (χ3v) is 4.97. The van der Waals surface area contributed by atoms with Gasteiger partial charge in [-0.3, -0.25) is 13.9 Å². The largest absolute Gasteiger partial charge is 0.549 e. The molecule has 0 amide bonds. The first-order chi connectivity index (χ1) is 12.8. The van der Waals surface area contributed by atoms with Gasteiger partial charge < -0.3 is 25.2 Å². The first kappa shape index (κ1) is 22.6. The van der Waals surface area contributed by atoms with Crippen LogP contribution in [0.2, 0.25) is 0 Å². The quantitative estimate of drug-likeness (QED) is 0.223. The smallest absolute Gasteiger partial charge is 0.387 e. The number of carbonyl (C=O) groups is 1. The molecule has 1 saturated heterocycles. The summed E-state index contributed by atoms with van der Waals surface area (Å²) in [4.78, 5) is 22.8. The van der Waals surface area contributed by atoms with Crippen LogP contribution in [-0.4, -0.2) is 60.6 Å². The van der Waals surface area contributed by atoms with Crippen LogP contribution in [0.5, 0.6) is 0 Å². The van der Waals surface area contributed by atoms with E-state index >= 15 is 0 Å². The Labute approximate surface area is 168 Å². The second-order valence-corrected chi connectivity index (χ2v) is 7.11. The third-order valence-electron chi connectivity index (χ3n) is 3.76. The maximum absolute atomic E-state index is 12.0. The number of hydrogen-bond acceptors (Lipinski definition) is 13. The summed E-state index contributed by atoms with van der Waals surface area (Å²) in [6.07, 6.45) is -2.57. The monoisotopic (exact) mass is 459 g/mol. The molecule has 28 heavy (non-hydrogen) atoms. The molecule has 16 heteroatoms. The predicted octanol–water partition coefficient (Wildman–Crippen LogP) is -1.40. The average molecular weight is 459 g/mol. The van der Waals surface area contributed by atoms with Crippen LogP contribution in [-0.2, 0) is 44.8 Å². The van der Waals surface area contributed by atoms with E-state index in [0.717, 1.165) is 6.92 Å². The van der Waals surface area contributed by atoms with Crippen LogP contribution in [0.3, 0.4) is 0 Å². The summed E-state index contributed by atoms with van der Waals surface area (Å²) in [5.74, 6) is 4.01. The van der Waals surface area contributed by atoms with Gasteiger partial charge in [-0.25, -0.2) is 25.4 Å². The van der Waals surface area contributed by atoms with Crippen molar-refractivity contribution < 1.29 is 55.1 Å². The van der Waals surface area contributed by atoms with Crippen LogP contribution in [0.1, 0.15) is 13.2 Å². The van der Waals surface area contributed by atoms with Crippen LogP contribution in [0.4, 0.5) is 5.82 Å². The number of rotatable bonds is 6. The summed E-state index contributed by atoms with van der Waals surface area (Å²) < 4.78 is 32.2. The molecule has 0 aromatic carbocycles. The second kappa shape index (κ2) is 8.78. The van der Waals surface area contributed by atoms with Gasteiger partial charge in [0.1, 0.15) is 30.2 Å². The molecule has 1 aliphatic heterocycles. The number of phosphoric acid groups is 1. The van der Waals surface area contributed by atoms with Gasteiger partial charge >= 0.3 is 13.8 Å². The Morgan fingerprint density at radius 1 is 1.36 bits per heavy atom. The number of aliphatic hydroxyl groups is 2. The number of imidazole rings is 1. The molecule has 0 saturated carbocycles. The van der Waals surface area contributed by atoms with Crippen molar-refractivity contribution in [2.75, 3.05) is 12.3 Å². The summed E-state index contributed by atoms with van der Waals surface area (Å²) in [5, 5.41) is 20.5. The van der Waals surface area contributed by atoms with Gasteiger partial charge in [-0.15, -0.1) is 0 Å². The first-order valence-corrected chi connectivity index (χ1v) is 8.99. The number of nitrogens with zero attached hydrogens (tertiary/aromatic N) is 4. The van der Waals surface area contributed by atoms with Crippen molar-refractivity contribution in [3.05, 3.63) is 12.7 Å². The van der Waals surface area contributed by atoms with E-state index in [-0.39, 0.29) is 28.5 Å². The number of hydrogen-bond donors (Lipinski definition) is 4. The predicted molar refractivity (Wildman–Crippen MR) is 86.3 cm³/mol. The summed E-state index contributed by atoms with van der Waals surface area (Å²) in [5.41, 5.74) is 6.27. The molecule has 3 rings (SSSR count). The van der Waals surface area contributed by atoms with Gasteiger partial charge in [0.2, 0.25) is 0 Å². The third kappa shape index (κ3) is 4.33. The van der Waals surface area contributed by atoms with Gasteiger partial charge in [0.15, 0.2) is 17.7 Å². The number of ether oxygens (including phenoxy) is 1. The molecular weight excluding hydrogens is 442 g/mol. The standard InChI is InChI=1S/C12H17N6O8P.Mn/c1-5(19)25-27(22,26-14)23-2-6-8(20)9(21)12(24-6)18-4-17-7-10(13)15-3-16-11(7)18;/h3-4,6,8-9,12,20-21H,2,14H2,1H3,(H2,13,15,16);/t6-,8?,9?,12-,27?;/m1./s1. The summed E-state index contributed by atoms with van der Waals surface area (Å²) in [6, 6.07) is 0.